The van der Waals surface area contributed by atoms with Gasteiger partial charge in [-0.2, -0.15) is 0 Å². The van der Waals surface area contributed by atoms with Crippen LogP contribution in [-0.4, -0.2) is 11.7 Å². The molecule has 64 valence electrons. The summed E-state index contributed by atoms with van der Waals surface area (Å²) in [5.74, 6) is 0. The van der Waals surface area contributed by atoms with Crippen LogP contribution in [0.2, 0.25) is 0 Å². The first-order chi connectivity index (χ1) is 5.92. The van der Waals surface area contributed by atoms with E-state index in [4.69, 9.17) is 5.11 Å². The van der Waals surface area contributed by atoms with Crippen LogP contribution in [0.15, 0.2) is 17.5 Å². The lowest BCUT2D eigenvalue weighted by Crippen LogP contribution is -1.97. The molecule has 0 aliphatic heterocycles. The minimum atomic E-state index is 0.171. The molecule has 1 aromatic rings. The zero-order chi connectivity index (χ0) is 8.39. The van der Waals surface area contributed by atoms with Gasteiger partial charge in [-0.1, -0.05) is 6.08 Å². The molecule has 2 rings (SSSR count). The predicted molar refractivity (Wildman–Crippen MR) is 52.3 cm³/mol. The molecule has 1 nitrogen and oxygen atoms in total. The van der Waals surface area contributed by atoms with Crippen molar-refractivity contribution < 1.29 is 5.11 Å². The van der Waals surface area contributed by atoms with Gasteiger partial charge >= 0.3 is 0 Å². The number of aliphatic hydroxyl groups excluding tert-OH is 1. The Morgan fingerprint density at radius 3 is 3.25 bits per heavy atom. The van der Waals surface area contributed by atoms with E-state index in [0.717, 1.165) is 6.42 Å². The molecule has 0 spiro atoms. The average molecular weight is 180 g/mol. The number of hydrogen-bond donors (Lipinski definition) is 1. The van der Waals surface area contributed by atoms with Crippen molar-refractivity contribution in [2.45, 2.75) is 19.3 Å². The third kappa shape index (κ3) is 1.32. The van der Waals surface area contributed by atoms with Crippen LogP contribution < -0.4 is 0 Å². The smallest absolute Gasteiger partial charge is 0.0618 e. The molecule has 0 unspecified atom stereocenters. The van der Waals surface area contributed by atoms with Crippen LogP contribution in [0, 0.1) is 0 Å². The van der Waals surface area contributed by atoms with Crippen LogP contribution in [0.25, 0.3) is 5.57 Å². The first-order valence-corrected chi connectivity index (χ1v) is 5.16. The molecule has 0 amide bonds. The standard InChI is InChI=1S/C10H12OS/c11-6-4-8-2-1-3-10-9(8)5-7-12-10/h4-5,7,11H,1-3,6H2. The third-order valence-corrected chi connectivity index (χ3v) is 3.26. The van der Waals surface area contributed by atoms with Crippen molar-refractivity contribution in [3.8, 4) is 0 Å². The van der Waals surface area contributed by atoms with Gasteiger partial charge in [0.1, 0.15) is 0 Å². The molecule has 1 heterocycles. The van der Waals surface area contributed by atoms with E-state index < -0.39 is 0 Å². The zero-order valence-corrected chi connectivity index (χ0v) is 7.73. The van der Waals surface area contributed by atoms with Crippen LogP contribution in [0.1, 0.15) is 23.3 Å². The van der Waals surface area contributed by atoms with Crippen LogP contribution in [-0.2, 0) is 6.42 Å². The molecular formula is C10H12OS. The summed E-state index contributed by atoms with van der Waals surface area (Å²) in [4.78, 5) is 1.49. The Labute approximate surface area is 76.4 Å². The van der Waals surface area contributed by atoms with E-state index in [2.05, 4.69) is 11.4 Å². The minimum Gasteiger partial charge on any atom is -0.392 e. The molecule has 2 heteroatoms. The molecule has 1 N–H and O–H groups in total. The van der Waals surface area contributed by atoms with Gasteiger partial charge in [0, 0.05) is 4.88 Å². The average Bonchev–Trinajstić information content (AvgIpc) is 2.53. The Hall–Kier alpha value is -0.600. The number of fused-ring (bicyclic) bond motifs is 1. The van der Waals surface area contributed by atoms with Gasteiger partial charge in [-0.15, -0.1) is 11.3 Å². The SMILES string of the molecule is OCC=C1CCCc2sccc21. The van der Waals surface area contributed by atoms with Crippen molar-refractivity contribution in [2.24, 2.45) is 0 Å². The summed E-state index contributed by atoms with van der Waals surface area (Å²) in [6, 6.07) is 2.17. The second-order valence-electron chi connectivity index (χ2n) is 3.02. The molecule has 0 aromatic carbocycles. The largest absolute Gasteiger partial charge is 0.392 e. The maximum Gasteiger partial charge on any atom is 0.0618 e. The lowest BCUT2D eigenvalue weighted by molar-refractivity contribution is 0.343. The molecule has 1 aromatic heterocycles. The van der Waals surface area contributed by atoms with E-state index in [0.29, 0.717) is 0 Å². The summed E-state index contributed by atoms with van der Waals surface area (Å²) >= 11 is 1.83. The molecular weight excluding hydrogens is 168 g/mol. The molecule has 0 saturated heterocycles. The normalized spacial score (nSPS) is 19.6. The highest BCUT2D eigenvalue weighted by Gasteiger charge is 2.13. The number of aliphatic hydroxyl groups is 1. The Morgan fingerprint density at radius 1 is 1.50 bits per heavy atom. The summed E-state index contributed by atoms with van der Waals surface area (Å²) in [5.41, 5.74) is 2.71. The van der Waals surface area contributed by atoms with Crippen LogP contribution in [0.3, 0.4) is 0 Å². The van der Waals surface area contributed by atoms with Crippen LogP contribution in [0.5, 0.6) is 0 Å². The van der Waals surface area contributed by atoms with Crippen LogP contribution >= 0.6 is 11.3 Å². The fourth-order valence-corrected chi connectivity index (χ4v) is 2.67. The molecule has 0 fully saturated rings. The second kappa shape index (κ2) is 3.42. The quantitative estimate of drug-likeness (QED) is 0.704. The van der Waals surface area contributed by atoms with Gasteiger partial charge in [0.15, 0.2) is 0 Å². The number of aryl methyl sites for hydroxylation is 1. The Balaban J connectivity index is 2.38. The molecule has 0 radical (unpaired) electrons. The van der Waals surface area contributed by atoms with Gasteiger partial charge in [0.05, 0.1) is 6.61 Å². The summed E-state index contributed by atoms with van der Waals surface area (Å²) < 4.78 is 0. The van der Waals surface area contributed by atoms with Crippen molar-refractivity contribution in [3.63, 3.8) is 0 Å². The molecule has 0 bridgehead atoms. The molecule has 0 saturated carbocycles. The van der Waals surface area contributed by atoms with Gasteiger partial charge in [-0.25, -0.2) is 0 Å². The second-order valence-corrected chi connectivity index (χ2v) is 4.02. The first-order valence-electron chi connectivity index (χ1n) is 4.28. The van der Waals surface area contributed by atoms with Crippen molar-refractivity contribution in [1.29, 1.82) is 0 Å². The number of rotatable bonds is 1. The van der Waals surface area contributed by atoms with Crippen LogP contribution in [0.4, 0.5) is 0 Å². The topological polar surface area (TPSA) is 20.2 Å². The Bertz CT molecular complexity index is 299. The van der Waals surface area contributed by atoms with Gasteiger partial charge in [-0.3, -0.25) is 0 Å². The van der Waals surface area contributed by atoms with Gasteiger partial charge < -0.3 is 5.11 Å². The molecule has 12 heavy (non-hydrogen) atoms. The highest BCUT2D eigenvalue weighted by molar-refractivity contribution is 7.10. The molecule has 0 atom stereocenters. The molecule has 1 aliphatic rings. The first kappa shape index (κ1) is 8.02. The van der Waals surface area contributed by atoms with E-state index in [1.807, 2.05) is 17.4 Å². The van der Waals surface area contributed by atoms with Crippen molar-refractivity contribution in [3.05, 3.63) is 28.0 Å². The Kier molecular flexibility index (Phi) is 2.28. The van der Waals surface area contributed by atoms with E-state index in [-0.39, 0.29) is 6.61 Å². The highest BCUT2D eigenvalue weighted by atomic mass is 32.1. The van der Waals surface area contributed by atoms with E-state index in [1.54, 1.807) is 0 Å². The molecule has 1 aliphatic carbocycles. The summed E-state index contributed by atoms with van der Waals surface area (Å²) in [6.07, 6.45) is 5.52. The van der Waals surface area contributed by atoms with E-state index >= 15 is 0 Å². The maximum atomic E-state index is 8.81. The van der Waals surface area contributed by atoms with Crippen molar-refractivity contribution in [1.82, 2.24) is 0 Å². The third-order valence-electron chi connectivity index (χ3n) is 2.28. The van der Waals surface area contributed by atoms with E-state index in [1.165, 1.54) is 28.9 Å². The predicted octanol–water partition coefficient (Wildman–Crippen LogP) is 2.46. The van der Waals surface area contributed by atoms with Gasteiger partial charge in [0.2, 0.25) is 0 Å². The number of hydrogen-bond acceptors (Lipinski definition) is 2. The Morgan fingerprint density at radius 2 is 2.42 bits per heavy atom. The lowest BCUT2D eigenvalue weighted by atomic mass is 9.93. The zero-order valence-electron chi connectivity index (χ0n) is 6.92. The number of allylic oxidation sites excluding steroid dienone is 1. The monoisotopic (exact) mass is 180 g/mol. The maximum absolute atomic E-state index is 8.81. The van der Waals surface area contributed by atoms with Gasteiger partial charge in [0.25, 0.3) is 0 Å². The highest BCUT2D eigenvalue weighted by Crippen LogP contribution is 2.33. The minimum absolute atomic E-state index is 0.171. The lowest BCUT2D eigenvalue weighted by Gasteiger charge is -2.14. The number of thiophene rings is 1. The summed E-state index contributed by atoms with van der Waals surface area (Å²) in [5, 5.41) is 10.9. The fraction of sp³-hybridized carbons (Fsp3) is 0.400. The summed E-state index contributed by atoms with van der Waals surface area (Å²) in [7, 11) is 0. The van der Waals surface area contributed by atoms with Gasteiger partial charge in [-0.05, 0) is 41.8 Å². The van der Waals surface area contributed by atoms with Crippen molar-refractivity contribution in [2.75, 3.05) is 6.61 Å². The summed E-state index contributed by atoms with van der Waals surface area (Å²) in [6.45, 7) is 0.171. The van der Waals surface area contributed by atoms with Crippen molar-refractivity contribution >= 4 is 16.9 Å². The fourth-order valence-electron chi connectivity index (χ4n) is 1.72. The van der Waals surface area contributed by atoms with E-state index in [9.17, 15) is 0 Å².